The molecule has 0 aliphatic carbocycles. The lowest BCUT2D eigenvalue weighted by atomic mass is 10.1. The van der Waals surface area contributed by atoms with Crippen LogP contribution in [0.1, 0.15) is 30.1 Å². The van der Waals surface area contributed by atoms with Crippen molar-refractivity contribution in [3.8, 4) is 0 Å². The van der Waals surface area contributed by atoms with Crippen LogP contribution in [0.5, 0.6) is 0 Å². The van der Waals surface area contributed by atoms with Crippen molar-refractivity contribution >= 4 is 23.3 Å². The van der Waals surface area contributed by atoms with E-state index in [-0.39, 0.29) is 11.3 Å². The normalized spacial score (nSPS) is 14.4. The van der Waals surface area contributed by atoms with Gasteiger partial charge in [0.2, 0.25) is 0 Å². The first-order valence-corrected chi connectivity index (χ1v) is 7.49. The van der Waals surface area contributed by atoms with Crippen molar-refractivity contribution in [3.05, 3.63) is 35.9 Å². The highest BCUT2D eigenvalue weighted by atomic mass is 32.2. The van der Waals surface area contributed by atoms with Crippen molar-refractivity contribution in [2.75, 3.05) is 0 Å². The molecule has 2 N–H and O–H groups in total. The molecule has 2 aromatic rings. The highest BCUT2D eigenvalue weighted by molar-refractivity contribution is 8.01. The molecule has 0 aliphatic rings. The quantitative estimate of drug-likeness (QED) is 0.853. The Bertz CT molecular complexity index is 486. The van der Waals surface area contributed by atoms with Gasteiger partial charge in [0.1, 0.15) is 5.82 Å². The molecule has 0 fully saturated rings. The molecule has 2 aromatic heterocycles. The van der Waals surface area contributed by atoms with Crippen LogP contribution < -0.4 is 5.73 Å². The third kappa shape index (κ3) is 3.28. The SMILES string of the molecule is CCC(N)C(Sc1nc(C)ns1)c1ccccn1. The molecule has 2 atom stereocenters. The number of aryl methyl sites for hydroxylation is 1. The van der Waals surface area contributed by atoms with Crippen molar-refractivity contribution < 1.29 is 0 Å². The molecule has 96 valence electrons. The van der Waals surface area contributed by atoms with Gasteiger partial charge in [0, 0.05) is 12.2 Å². The Morgan fingerprint density at radius 3 is 2.83 bits per heavy atom. The van der Waals surface area contributed by atoms with E-state index < -0.39 is 0 Å². The van der Waals surface area contributed by atoms with E-state index in [4.69, 9.17) is 5.73 Å². The van der Waals surface area contributed by atoms with Crippen LogP contribution in [0.4, 0.5) is 0 Å². The van der Waals surface area contributed by atoms with Crippen LogP contribution in [0.2, 0.25) is 0 Å². The van der Waals surface area contributed by atoms with Gasteiger partial charge in [0.05, 0.1) is 10.9 Å². The van der Waals surface area contributed by atoms with Crippen LogP contribution in [0.3, 0.4) is 0 Å². The number of rotatable bonds is 5. The van der Waals surface area contributed by atoms with Crippen molar-refractivity contribution in [1.29, 1.82) is 0 Å². The van der Waals surface area contributed by atoms with Gasteiger partial charge >= 0.3 is 0 Å². The summed E-state index contributed by atoms with van der Waals surface area (Å²) < 4.78 is 5.15. The van der Waals surface area contributed by atoms with Gasteiger partial charge in [0.15, 0.2) is 4.34 Å². The van der Waals surface area contributed by atoms with E-state index in [2.05, 4.69) is 21.3 Å². The van der Waals surface area contributed by atoms with E-state index in [0.717, 1.165) is 22.3 Å². The zero-order valence-corrected chi connectivity index (χ0v) is 12.0. The second kappa shape index (κ2) is 6.26. The third-order valence-electron chi connectivity index (χ3n) is 2.58. The van der Waals surface area contributed by atoms with Gasteiger partial charge in [-0.15, -0.1) is 0 Å². The molecule has 18 heavy (non-hydrogen) atoms. The second-order valence-corrected chi connectivity index (χ2v) is 6.11. The number of aromatic nitrogens is 3. The Labute approximate surface area is 115 Å². The van der Waals surface area contributed by atoms with E-state index in [1.807, 2.05) is 25.1 Å². The highest BCUT2D eigenvalue weighted by Crippen LogP contribution is 2.37. The molecule has 0 amide bonds. The summed E-state index contributed by atoms with van der Waals surface area (Å²) in [5.41, 5.74) is 7.20. The van der Waals surface area contributed by atoms with E-state index in [1.165, 1.54) is 11.5 Å². The van der Waals surface area contributed by atoms with Crippen molar-refractivity contribution in [1.82, 2.24) is 14.3 Å². The summed E-state index contributed by atoms with van der Waals surface area (Å²) in [6.45, 7) is 3.99. The standard InChI is InChI=1S/C12H16N4S2/c1-3-9(13)11(10-6-4-5-7-14-10)17-12-15-8(2)16-18-12/h4-7,9,11H,3,13H2,1-2H3. The average molecular weight is 280 g/mol. The molecule has 0 aromatic carbocycles. The first kappa shape index (κ1) is 13.5. The van der Waals surface area contributed by atoms with Gasteiger partial charge in [-0.25, -0.2) is 4.98 Å². The molecule has 2 heterocycles. The Kier molecular flexibility index (Phi) is 4.68. The van der Waals surface area contributed by atoms with E-state index in [9.17, 15) is 0 Å². The molecular weight excluding hydrogens is 264 g/mol. The van der Waals surface area contributed by atoms with Crippen LogP contribution in [-0.4, -0.2) is 20.4 Å². The molecule has 0 saturated carbocycles. The van der Waals surface area contributed by atoms with Crippen molar-refractivity contribution in [3.63, 3.8) is 0 Å². The number of hydrogen-bond acceptors (Lipinski definition) is 6. The number of nitrogens with two attached hydrogens (primary N) is 1. The van der Waals surface area contributed by atoms with Crippen LogP contribution in [0, 0.1) is 6.92 Å². The Morgan fingerprint density at radius 1 is 1.44 bits per heavy atom. The Morgan fingerprint density at radius 2 is 2.28 bits per heavy atom. The molecule has 6 heteroatoms. The van der Waals surface area contributed by atoms with Gasteiger partial charge in [-0.2, -0.15) is 4.37 Å². The lowest BCUT2D eigenvalue weighted by Gasteiger charge is -2.20. The fourth-order valence-electron chi connectivity index (χ4n) is 1.56. The van der Waals surface area contributed by atoms with E-state index in [1.54, 1.807) is 18.0 Å². The smallest absolute Gasteiger partial charge is 0.170 e. The number of nitrogens with zero attached hydrogens (tertiary/aromatic N) is 3. The minimum Gasteiger partial charge on any atom is -0.326 e. The maximum Gasteiger partial charge on any atom is 0.170 e. The molecule has 2 unspecified atom stereocenters. The summed E-state index contributed by atoms with van der Waals surface area (Å²) >= 11 is 3.07. The Hall–Kier alpha value is -0.980. The maximum absolute atomic E-state index is 6.20. The lowest BCUT2D eigenvalue weighted by Crippen LogP contribution is -2.26. The minimum atomic E-state index is 0.0640. The molecule has 2 rings (SSSR count). The lowest BCUT2D eigenvalue weighted by molar-refractivity contribution is 0.624. The van der Waals surface area contributed by atoms with Gasteiger partial charge < -0.3 is 5.73 Å². The predicted molar refractivity (Wildman–Crippen MR) is 75.7 cm³/mol. The van der Waals surface area contributed by atoms with Crippen molar-refractivity contribution in [2.45, 2.75) is 35.9 Å². The van der Waals surface area contributed by atoms with Crippen LogP contribution in [0.25, 0.3) is 0 Å². The minimum absolute atomic E-state index is 0.0640. The van der Waals surface area contributed by atoms with Gasteiger partial charge in [-0.05, 0) is 37.0 Å². The van der Waals surface area contributed by atoms with Gasteiger partial charge in [-0.1, -0.05) is 24.8 Å². The first-order valence-electron chi connectivity index (χ1n) is 5.84. The molecule has 0 bridgehead atoms. The Balaban J connectivity index is 2.21. The summed E-state index contributed by atoms with van der Waals surface area (Å²) in [5.74, 6) is 0.812. The van der Waals surface area contributed by atoms with Crippen LogP contribution in [-0.2, 0) is 0 Å². The number of pyridine rings is 1. The number of thioether (sulfide) groups is 1. The topological polar surface area (TPSA) is 64.7 Å². The largest absolute Gasteiger partial charge is 0.326 e. The van der Waals surface area contributed by atoms with Crippen molar-refractivity contribution in [2.24, 2.45) is 5.73 Å². The molecule has 0 saturated heterocycles. The maximum atomic E-state index is 6.20. The van der Waals surface area contributed by atoms with E-state index >= 15 is 0 Å². The van der Waals surface area contributed by atoms with Crippen LogP contribution in [0.15, 0.2) is 28.7 Å². The fourth-order valence-corrected chi connectivity index (χ4v) is 3.61. The molecule has 0 aliphatic heterocycles. The predicted octanol–water partition coefficient (Wildman–Crippen LogP) is 2.81. The highest BCUT2D eigenvalue weighted by Gasteiger charge is 2.22. The van der Waals surface area contributed by atoms with Gasteiger partial charge in [-0.3, -0.25) is 4.98 Å². The molecular formula is C12H16N4S2. The first-order chi connectivity index (χ1) is 8.70. The fraction of sp³-hybridized carbons (Fsp3) is 0.417. The van der Waals surface area contributed by atoms with E-state index in [0.29, 0.717) is 0 Å². The molecule has 0 radical (unpaired) electrons. The summed E-state index contributed by atoms with van der Waals surface area (Å²) in [5, 5.41) is 0.128. The average Bonchev–Trinajstić information content (AvgIpc) is 2.82. The zero-order valence-electron chi connectivity index (χ0n) is 10.4. The zero-order chi connectivity index (χ0) is 13.0. The molecule has 4 nitrogen and oxygen atoms in total. The third-order valence-corrected chi connectivity index (χ3v) is 4.83. The summed E-state index contributed by atoms with van der Waals surface area (Å²) in [4.78, 5) is 8.79. The second-order valence-electron chi connectivity index (χ2n) is 3.97. The monoisotopic (exact) mass is 280 g/mol. The number of hydrogen-bond donors (Lipinski definition) is 1. The summed E-state index contributed by atoms with van der Waals surface area (Å²) in [6.07, 6.45) is 2.71. The summed E-state index contributed by atoms with van der Waals surface area (Å²) in [6, 6.07) is 5.98. The summed E-state index contributed by atoms with van der Waals surface area (Å²) in [7, 11) is 0. The van der Waals surface area contributed by atoms with Gasteiger partial charge in [0.25, 0.3) is 0 Å². The molecule has 0 spiro atoms. The van der Waals surface area contributed by atoms with Crippen LogP contribution >= 0.6 is 23.3 Å².